The van der Waals surface area contributed by atoms with E-state index in [4.69, 9.17) is 23.2 Å². The minimum absolute atomic E-state index is 0.188. The fourth-order valence-electron chi connectivity index (χ4n) is 2.12. The lowest BCUT2D eigenvalue weighted by Gasteiger charge is -2.29. The van der Waals surface area contributed by atoms with Crippen LogP contribution >= 0.6 is 23.2 Å². The van der Waals surface area contributed by atoms with Crippen LogP contribution in [0.15, 0.2) is 12.1 Å². The van der Waals surface area contributed by atoms with Gasteiger partial charge in [-0.2, -0.15) is 0 Å². The maximum absolute atomic E-state index is 11.2. The Kier molecular flexibility index (Phi) is 4.22. The van der Waals surface area contributed by atoms with E-state index in [1.54, 1.807) is 6.07 Å². The number of fused-ring (bicyclic) bond motifs is 1. The third-order valence-corrected chi connectivity index (χ3v) is 4.59. The van der Waals surface area contributed by atoms with Crippen molar-refractivity contribution in [2.45, 2.75) is 13.0 Å². The second kappa shape index (κ2) is 5.37. The largest absolute Gasteiger partial charge is 0.298 e. The quantitative estimate of drug-likeness (QED) is 0.860. The van der Waals surface area contributed by atoms with Crippen molar-refractivity contribution in [3.63, 3.8) is 0 Å². The average molecular weight is 308 g/mol. The van der Waals surface area contributed by atoms with Gasteiger partial charge in [-0.3, -0.25) is 4.90 Å². The van der Waals surface area contributed by atoms with Gasteiger partial charge in [-0.15, -0.1) is 0 Å². The van der Waals surface area contributed by atoms with Crippen LogP contribution in [0.2, 0.25) is 10.0 Å². The molecule has 2 rings (SSSR count). The Balaban J connectivity index is 2.10. The molecule has 1 aliphatic rings. The van der Waals surface area contributed by atoms with Gasteiger partial charge in [0.05, 0.1) is 5.75 Å². The molecule has 6 heteroatoms. The van der Waals surface area contributed by atoms with Gasteiger partial charge in [-0.05, 0) is 29.7 Å². The molecule has 1 heterocycles. The SMILES string of the molecule is CS(=O)(=O)CCN1CCc2cc(Cl)cc(Cl)c2C1. The topological polar surface area (TPSA) is 37.4 Å². The first-order chi connectivity index (χ1) is 8.35. The second-order valence-electron chi connectivity index (χ2n) is 4.68. The third kappa shape index (κ3) is 3.60. The summed E-state index contributed by atoms with van der Waals surface area (Å²) in [7, 11) is -2.91. The van der Waals surface area contributed by atoms with E-state index in [1.165, 1.54) is 11.8 Å². The number of sulfone groups is 1. The monoisotopic (exact) mass is 307 g/mol. The van der Waals surface area contributed by atoms with Crippen LogP contribution in [0, 0.1) is 0 Å². The highest BCUT2D eigenvalue weighted by molar-refractivity contribution is 7.90. The molecule has 0 spiro atoms. The van der Waals surface area contributed by atoms with Crippen LogP contribution in [0.5, 0.6) is 0 Å². The summed E-state index contributed by atoms with van der Waals surface area (Å²) in [6.07, 6.45) is 2.12. The molecule has 0 saturated carbocycles. The van der Waals surface area contributed by atoms with Crippen molar-refractivity contribution in [3.8, 4) is 0 Å². The molecule has 0 atom stereocenters. The van der Waals surface area contributed by atoms with Gasteiger partial charge in [0, 0.05) is 35.9 Å². The van der Waals surface area contributed by atoms with E-state index in [0.29, 0.717) is 23.1 Å². The van der Waals surface area contributed by atoms with Crippen molar-refractivity contribution in [2.24, 2.45) is 0 Å². The minimum Gasteiger partial charge on any atom is -0.298 e. The Morgan fingerprint density at radius 1 is 1.33 bits per heavy atom. The molecule has 0 saturated heterocycles. The summed E-state index contributed by atoms with van der Waals surface area (Å²) < 4.78 is 22.3. The van der Waals surface area contributed by atoms with E-state index in [2.05, 4.69) is 4.90 Å². The van der Waals surface area contributed by atoms with E-state index in [0.717, 1.165) is 18.5 Å². The number of hydrogen-bond acceptors (Lipinski definition) is 3. The Labute approximate surface area is 118 Å². The van der Waals surface area contributed by atoms with Gasteiger partial charge >= 0.3 is 0 Å². The summed E-state index contributed by atoms with van der Waals surface area (Å²) in [4.78, 5) is 2.11. The smallest absolute Gasteiger partial charge is 0.148 e. The molecule has 1 aliphatic heterocycles. The number of halogens is 2. The molecule has 1 aromatic carbocycles. The standard InChI is InChI=1S/C12H15Cl2NO2S/c1-18(16,17)5-4-15-3-2-9-6-10(13)7-12(14)11(9)8-15/h6-7H,2-5,8H2,1H3. The zero-order valence-corrected chi connectivity index (χ0v) is 12.4. The first kappa shape index (κ1) is 14.1. The van der Waals surface area contributed by atoms with Crippen molar-refractivity contribution in [1.82, 2.24) is 4.90 Å². The molecule has 0 fully saturated rings. The fourth-order valence-corrected chi connectivity index (χ4v) is 3.31. The van der Waals surface area contributed by atoms with Gasteiger partial charge in [-0.25, -0.2) is 8.42 Å². The molecule has 100 valence electrons. The van der Waals surface area contributed by atoms with Crippen LogP contribution in [0.1, 0.15) is 11.1 Å². The third-order valence-electron chi connectivity index (χ3n) is 3.11. The molecule has 0 aromatic heterocycles. The van der Waals surface area contributed by atoms with Gasteiger partial charge in [0.2, 0.25) is 0 Å². The summed E-state index contributed by atoms with van der Waals surface area (Å²) in [5.41, 5.74) is 2.24. The zero-order chi connectivity index (χ0) is 13.3. The van der Waals surface area contributed by atoms with E-state index in [9.17, 15) is 8.42 Å². The predicted octanol–water partition coefficient (Wildman–Crippen LogP) is 2.40. The highest BCUT2D eigenvalue weighted by atomic mass is 35.5. The van der Waals surface area contributed by atoms with Gasteiger partial charge in [0.15, 0.2) is 0 Å². The maximum atomic E-state index is 11.2. The second-order valence-corrected chi connectivity index (χ2v) is 7.78. The van der Waals surface area contributed by atoms with Crippen LogP contribution in [0.3, 0.4) is 0 Å². The molecule has 0 bridgehead atoms. The molecule has 1 aromatic rings. The van der Waals surface area contributed by atoms with Gasteiger partial charge in [-0.1, -0.05) is 23.2 Å². The lowest BCUT2D eigenvalue weighted by atomic mass is 10.00. The van der Waals surface area contributed by atoms with Crippen molar-refractivity contribution >= 4 is 33.0 Å². The summed E-state index contributed by atoms with van der Waals surface area (Å²) in [6, 6.07) is 3.68. The van der Waals surface area contributed by atoms with Gasteiger partial charge < -0.3 is 0 Å². The Bertz CT molecular complexity index is 557. The molecule has 0 unspecified atom stereocenters. The van der Waals surface area contributed by atoms with E-state index in [1.807, 2.05) is 6.07 Å². The van der Waals surface area contributed by atoms with E-state index < -0.39 is 9.84 Å². The lowest BCUT2D eigenvalue weighted by molar-refractivity contribution is 0.269. The molecular weight excluding hydrogens is 293 g/mol. The van der Waals surface area contributed by atoms with Crippen LogP contribution in [0.4, 0.5) is 0 Å². The molecule has 0 N–H and O–H groups in total. The van der Waals surface area contributed by atoms with Crippen LogP contribution in [-0.2, 0) is 22.8 Å². The summed E-state index contributed by atoms with van der Waals surface area (Å²) >= 11 is 12.1. The Morgan fingerprint density at radius 3 is 2.72 bits per heavy atom. The molecule has 0 aliphatic carbocycles. The highest BCUT2D eigenvalue weighted by Crippen LogP contribution is 2.29. The van der Waals surface area contributed by atoms with E-state index >= 15 is 0 Å². The van der Waals surface area contributed by atoms with Crippen molar-refractivity contribution < 1.29 is 8.42 Å². The predicted molar refractivity (Wildman–Crippen MR) is 75.2 cm³/mol. The molecule has 0 amide bonds. The van der Waals surface area contributed by atoms with Crippen molar-refractivity contribution in [1.29, 1.82) is 0 Å². The van der Waals surface area contributed by atoms with Gasteiger partial charge in [0.25, 0.3) is 0 Å². The number of hydrogen-bond donors (Lipinski definition) is 0. The minimum atomic E-state index is -2.91. The normalized spacial score (nSPS) is 16.6. The first-order valence-corrected chi connectivity index (χ1v) is 8.54. The zero-order valence-electron chi connectivity index (χ0n) is 10.1. The Morgan fingerprint density at radius 2 is 2.06 bits per heavy atom. The van der Waals surface area contributed by atoms with Crippen molar-refractivity contribution in [2.75, 3.05) is 25.1 Å². The summed E-state index contributed by atoms with van der Waals surface area (Å²) in [5.74, 6) is 0.188. The number of nitrogens with zero attached hydrogens (tertiary/aromatic N) is 1. The molecule has 18 heavy (non-hydrogen) atoms. The van der Waals surface area contributed by atoms with E-state index in [-0.39, 0.29) is 5.75 Å². The number of rotatable bonds is 3. The molecule has 3 nitrogen and oxygen atoms in total. The number of benzene rings is 1. The van der Waals surface area contributed by atoms with Gasteiger partial charge in [0.1, 0.15) is 9.84 Å². The summed E-state index contributed by atoms with van der Waals surface area (Å²) in [6.45, 7) is 2.09. The summed E-state index contributed by atoms with van der Waals surface area (Å²) in [5, 5.41) is 1.32. The van der Waals surface area contributed by atoms with Crippen LogP contribution in [-0.4, -0.2) is 38.4 Å². The first-order valence-electron chi connectivity index (χ1n) is 5.72. The Hall–Kier alpha value is -0.290. The highest BCUT2D eigenvalue weighted by Gasteiger charge is 2.20. The lowest BCUT2D eigenvalue weighted by Crippen LogP contribution is -2.34. The van der Waals surface area contributed by atoms with Crippen LogP contribution < -0.4 is 0 Å². The molecule has 0 radical (unpaired) electrons. The van der Waals surface area contributed by atoms with Crippen molar-refractivity contribution in [3.05, 3.63) is 33.3 Å². The average Bonchev–Trinajstić information content (AvgIpc) is 2.25. The maximum Gasteiger partial charge on any atom is 0.148 e. The fraction of sp³-hybridized carbons (Fsp3) is 0.500. The molecular formula is C12H15Cl2NO2S. The van der Waals surface area contributed by atoms with Crippen LogP contribution in [0.25, 0.3) is 0 Å².